The fourth-order valence-electron chi connectivity index (χ4n) is 2.09. The Morgan fingerprint density at radius 1 is 1.22 bits per heavy atom. The van der Waals surface area contributed by atoms with Gasteiger partial charge in [-0.1, -0.05) is 29.8 Å². The third-order valence-electron chi connectivity index (χ3n) is 3.43. The second kappa shape index (κ2) is 8.90. The second-order valence-corrected chi connectivity index (χ2v) is 5.37. The largest absolute Gasteiger partial charge is 0.385 e. The Bertz CT molecular complexity index is 626. The predicted octanol–water partition coefficient (Wildman–Crippen LogP) is 2.77. The van der Waals surface area contributed by atoms with Crippen LogP contribution in [-0.4, -0.2) is 31.2 Å². The smallest absolute Gasteiger partial charge is 0.251 e. The molecule has 5 heteroatoms. The number of benzene rings is 1. The van der Waals surface area contributed by atoms with Crippen LogP contribution in [0.5, 0.6) is 0 Å². The first-order valence-corrected chi connectivity index (χ1v) is 7.71. The van der Waals surface area contributed by atoms with E-state index < -0.39 is 0 Å². The van der Waals surface area contributed by atoms with Crippen molar-refractivity contribution in [1.29, 1.82) is 0 Å². The van der Waals surface area contributed by atoms with E-state index in [4.69, 9.17) is 4.74 Å². The Kier molecular flexibility index (Phi) is 6.56. The fraction of sp³-hybridized carbons (Fsp3) is 0.333. The van der Waals surface area contributed by atoms with E-state index in [0.29, 0.717) is 31.1 Å². The summed E-state index contributed by atoms with van der Waals surface area (Å²) >= 11 is 0. The van der Waals surface area contributed by atoms with Gasteiger partial charge in [-0.25, -0.2) is 4.98 Å². The van der Waals surface area contributed by atoms with Gasteiger partial charge in [-0.2, -0.15) is 0 Å². The Balaban J connectivity index is 1.88. The number of carbonyl (C=O) groups excluding carboxylic acids is 1. The van der Waals surface area contributed by atoms with Gasteiger partial charge in [0, 0.05) is 38.6 Å². The minimum atomic E-state index is -0.0955. The zero-order valence-electron chi connectivity index (χ0n) is 13.6. The molecular weight excluding hydrogens is 290 g/mol. The summed E-state index contributed by atoms with van der Waals surface area (Å²) in [6.07, 6.45) is 2.44. The standard InChI is InChI=1S/C18H23N3O2/c1-14-4-6-15(7-5-14)13-21-17-12-16(8-10-19-17)18(22)20-9-3-11-23-2/h4-8,10,12H,3,9,11,13H2,1-2H3,(H,19,21)(H,20,22). The first kappa shape index (κ1) is 17.0. The minimum Gasteiger partial charge on any atom is -0.385 e. The lowest BCUT2D eigenvalue weighted by Gasteiger charge is -2.08. The van der Waals surface area contributed by atoms with E-state index in [0.717, 1.165) is 6.42 Å². The van der Waals surface area contributed by atoms with E-state index in [9.17, 15) is 4.79 Å². The van der Waals surface area contributed by atoms with E-state index in [1.165, 1.54) is 11.1 Å². The maximum absolute atomic E-state index is 12.1. The summed E-state index contributed by atoms with van der Waals surface area (Å²) in [6, 6.07) is 11.8. The summed E-state index contributed by atoms with van der Waals surface area (Å²) in [5.74, 6) is 0.594. The van der Waals surface area contributed by atoms with Gasteiger partial charge in [-0.3, -0.25) is 4.79 Å². The summed E-state index contributed by atoms with van der Waals surface area (Å²) < 4.78 is 4.96. The topological polar surface area (TPSA) is 63.2 Å². The van der Waals surface area contributed by atoms with Crippen LogP contribution in [0.4, 0.5) is 5.82 Å². The lowest BCUT2D eigenvalue weighted by atomic mass is 10.1. The molecule has 0 saturated heterocycles. The van der Waals surface area contributed by atoms with E-state index in [1.807, 2.05) is 0 Å². The van der Waals surface area contributed by atoms with Crippen molar-refractivity contribution in [2.24, 2.45) is 0 Å². The SMILES string of the molecule is COCCCNC(=O)c1ccnc(NCc2ccc(C)cc2)c1. The van der Waals surface area contributed by atoms with Crippen LogP contribution >= 0.6 is 0 Å². The normalized spacial score (nSPS) is 10.3. The Morgan fingerprint density at radius 3 is 2.74 bits per heavy atom. The highest BCUT2D eigenvalue weighted by Gasteiger charge is 2.06. The quantitative estimate of drug-likeness (QED) is 0.736. The van der Waals surface area contributed by atoms with Crippen molar-refractivity contribution < 1.29 is 9.53 Å². The van der Waals surface area contributed by atoms with Crippen LogP contribution in [0.3, 0.4) is 0 Å². The minimum absolute atomic E-state index is 0.0955. The molecule has 1 aromatic heterocycles. The molecule has 0 atom stereocenters. The molecule has 0 spiro atoms. The van der Waals surface area contributed by atoms with Gasteiger partial charge in [0.25, 0.3) is 5.91 Å². The fourth-order valence-corrected chi connectivity index (χ4v) is 2.09. The van der Waals surface area contributed by atoms with Crippen molar-refractivity contribution in [2.45, 2.75) is 19.9 Å². The molecule has 122 valence electrons. The van der Waals surface area contributed by atoms with Crippen molar-refractivity contribution in [3.63, 3.8) is 0 Å². The zero-order chi connectivity index (χ0) is 16.5. The third-order valence-corrected chi connectivity index (χ3v) is 3.43. The highest BCUT2D eigenvalue weighted by atomic mass is 16.5. The van der Waals surface area contributed by atoms with Crippen LogP contribution in [0.2, 0.25) is 0 Å². The van der Waals surface area contributed by atoms with Crippen LogP contribution in [0.15, 0.2) is 42.6 Å². The average molecular weight is 313 g/mol. The molecule has 1 aromatic carbocycles. The average Bonchev–Trinajstić information content (AvgIpc) is 2.58. The van der Waals surface area contributed by atoms with Gasteiger partial charge in [-0.05, 0) is 31.0 Å². The number of aromatic nitrogens is 1. The van der Waals surface area contributed by atoms with Crippen molar-refractivity contribution in [3.8, 4) is 0 Å². The summed E-state index contributed by atoms with van der Waals surface area (Å²) in [5.41, 5.74) is 3.01. The van der Waals surface area contributed by atoms with Crippen LogP contribution in [0.25, 0.3) is 0 Å². The number of carbonyl (C=O) groups is 1. The molecule has 5 nitrogen and oxygen atoms in total. The number of hydrogen-bond donors (Lipinski definition) is 2. The van der Waals surface area contributed by atoms with E-state index in [1.54, 1.807) is 25.4 Å². The maximum atomic E-state index is 12.1. The van der Waals surface area contributed by atoms with Crippen molar-refractivity contribution >= 4 is 11.7 Å². The number of methoxy groups -OCH3 is 1. The maximum Gasteiger partial charge on any atom is 0.251 e. The summed E-state index contributed by atoms with van der Waals surface area (Å²) in [5, 5.41) is 6.11. The zero-order valence-corrected chi connectivity index (χ0v) is 13.6. The summed E-state index contributed by atoms with van der Waals surface area (Å²) in [7, 11) is 1.65. The molecule has 0 saturated carbocycles. The molecular formula is C18H23N3O2. The van der Waals surface area contributed by atoms with E-state index in [2.05, 4.69) is 46.8 Å². The first-order chi connectivity index (χ1) is 11.2. The molecule has 0 aliphatic rings. The second-order valence-electron chi connectivity index (χ2n) is 5.37. The molecule has 23 heavy (non-hydrogen) atoms. The Labute approximate surface area is 137 Å². The summed E-state index contributed by atoms with van der Waals surface area (Å²) in [6.45, 7) is 3.97. The van der Waals surface area contributed by atoms with Gasteiger partial charge < -0.3 is 15.4 Å². The highest BCUT2D eigenvalue weighted by molar-refractivity contribution is 5.94. The number of ether oxygens (including phenoxy) is 1. The van der Waals surface area contributed by atoms with Gasteiger partial charge in [0.15, 0.2) is 0 Å². The number of amides is 1. The first-order valence-electron chi connectivity index (χ1n) is 7.71. The number of hydrogen-bond acceptors (Lipinski definition) is 4. The number of nitrogens with zero attached hydrogens (tertiary/aromatic N) is 1. The predicted molar refractivity (Wildman–Crippen MR) is 91.6 cm³/mol. The van der Waals surface area contributed by atoms with Crippen LogP contribution < -0.4 is 10.6 Å². The number of anilines is 1. The molecule has 2 N–H and O–H groups in total. The Morgan fingerprint density at radius 2 is 2.00 bits per heavy atom. The van der Waals surface area contributed by atoms with E-state index in [-0.39, 0.29) is 5.91 Å². The Hall–Kier alpha value is -2.40. The van der Waals surface area contributed by atoms with Crippen LogP contribution in [-0.2, 0) is 11.3 Å². The molecule has 0 aliphatic carbocycles. The number of rotatable bonds is 8. The van der Waals surface area contributed by atoms with Crippen molar-refractivity contribution in [2.75, 3.05) is 25.6 Å². The number of pyridine rings is 1. The molecule has 1 heterocycles. The lowest BCUT2D eigenvalue weighted by Crippen LogP contribution is -2.25. The molecule has 0 bridgehead atoms. The molecule has 2 aromatic rings. The van der Waals surface area contributed by atoms with Crippen LogP contribution in [0.1, 0.15) is 27.9 Å². The van der Waals surface area contributed by atoms with Gasteiger partial charge in [-0.15, -0.1) is 0 Å². The monoisotopic (exact) mass is 313 g/mol. The van der Waals surface area contributed by atoms with E-state index >= 15 is 0 Å². The molecule has 0 radical (unpaired) electrons. The molecule has 0 fully saturated rings. The molecule has 2 rings (SSSR count). The van der Waals surface area contributed by atoms with Crippen LogP contribution in [0, 0.1) is 6.92 Å². The molecule has 0 unspecified atom stereocenters. The summed E-state index contributed by atoms with van der Waals surface area (Å²) in [4.78, 5) is 16.3. The number of nitrogens with one attached hydrogen (secondary N) is 2. The van der Waals surface area contributed by atoms with Gasteiger partial charge in [0.05, 0.1) is 0 Å². The lowest BCUT2D eigenvalue weighted by molar-refractivity contribution is 0.0948. The van der Waals surface area contributed by atoms with Gasteiger partial charge in [0.1, 0.15) is 5.82 Å². The third kappa shape index (κ3) is 5.71. The molecule has 1 amide bonds. The van der Waals surface area contributed by atoms with Crippen molar-refractivity contribution in [1.82, 2.24) is 10.3 Å². The molecule has 0 aliphatic heterocycles. The van der Waals surface area contributed by atoms with Gasteiger partial charge in [0.2, 0.25) is 0 Å². The van der Waals surface area contributed by atoms with Crippen molar-refractivity contribution in [3.05, 3.63) is 59.3 Å². The number of aryl methyl sites for hydroxylation is 1. The van der Waals surface area contributed by atoms with Gasteiger partial charge >= 0.3 is 0 Å². The highest BCUT2D eigenvalue weighted by Crippen LogP contribution is 2.10.